The monoisotopic (exact) mass is 274 g/mol. The van der Waals surface area contributed by atoms with Gasteiger partial charge in [0.05, 0.1) is 6.54 Å². The third-order valence-corrected chi connectivity index (χ3v) is 3.20. The fourth-order valence-electron chi connectivity index (χ4n) is 2.14. The lowest BCUT2D eigenvalue weighted by Crippen LogP contribution is -2.18. The maximum absolute atomic E-state index is 11.0. The molecule has 0 saturated carbocycles. The lowest BCUT2D eigenvalue weighted by molar-refractivity contribution is -0.129. The molecule has 20 heavy (non-hydrogen) atoms. The summed E-state index contributed by atoms with van der Waals surface area (Å²) in [5, 5.41) is 18.6. The van der Waals surface area contributed by atoms with E-state index in [0.717, 1.165) is 5.56 Å². The van der Waals surface area contributed by atoms with Crippen molar-refractivity contribution in [1.29, 1.82) is 0 Å². The first-order chi connectivity index (χ1) is 9.60. The van der Waals surface area contributed by atoms with Crippen molar-refractivity contribution >= 4 is 5.91 Å². The summed E-state index contributed by atoms with van der Waals surface area (Å²) in [4.78, 5) is 11.0. The van der Waals surface area contributed by atoms with Crippen molar-refractivity contribution in [2.75, 3.05) is 0 Å². The van der Waals surface area contributed by atoms with Crippen LogP contribution in [-0.4, -0.2) is 20.8 Å². The summed E-state index contributed by atoms with van der Waals surface area (Å²) in [6.07, 6.45) is 2.32. The first-order valence-electron chi connectivity index (χ1n) is 6.45. The quantitative estimate of drug-likeness (QED) is 0.576. The lowest BCUT2D eigenvalue weighted by Gasteiger charge is -2.07. The van der Waals surface area contributed by atoms with Crippen LogP contribution in [0.4, 0.5) is 0 Å². The molecule has 0 unspecified atom stereocenters. The fraction of sp³-hybridized carbons (Fsp3) is 0.267. The van der Waals surface area contributed by atoms with Gasteiger partial charge in [-0.25, -0.2) is 5.48 Å². The van der Waals surface area contributed by atoms with E-state index in [9.17, 15) is 9.90 Å². The van der Waals surface area contributed by atoms with Crippen LogP contribution in [0, 0.1) is 6.92 Å². The molecule has 5 heteroatoms. The Hall–Kier alpha value is -2.27. The van der Waals surface area contributed by atoms with E-state index < -0.39 is 5.91 Å². The van der Waals surface area contributed by atoms with Crippen molar-refractivity contribution in [3.05, 3.63) is 53.2 Å². The minimum Gasteiger partial charge on any atom is -0.494 e. The van der Waals surface area contributed by atoms with Crippen LogP contribution in [0.25, 0.3) is 0 Å². The van der Waals surface area contributed by atoms with Gasteiger partial charge in [0, 0.05) is 18.2 Å². The average molecular weight is 274 g/mol. The molecule has 5 nitrogen and oxygen atoms in total. The van der Waals surface area contributed by atoms with Gasteiger partial charge in [-0.05, 0) is 25.0 Å². The van der Waals surface area contributed by atoms with E-state index in [2.05, 4.69) is 6.07 Å². The Kier molecular flexibility index (Phi) is 4.42. The number of hydrogen-bond donors (Lipinski definition) is 3. The van der Waals surface area contributed by atoms with Gasteiger partial charge in [-0.15, -0.1) is 0 Å². The van der Waals surface area contributed by atoms with Crippen LogP contribution in [0.3, 0.4) is 0 Å². The molecule has 0 aliphatic rings. The molecule has 106 valence electrons. The molecule has 2 rings (SSSR count). The van der Waals surface area contributed by atoms with Crippen LogP contribution in [0.15, 0.2) is 36.5 Å². The Balaban J connectivity index is 2.07. The molecule has 0 aliphatic carbocycles. The average Bonchev–Trinajstić information content (AvgIpc) is 2.77. The molecule has 0 saturated heterocycles. The third-order valence-electron chi connectivity index (χ3n) is 3.20. The maximum Gasteiger partial charge on any atom is 0.243 e. The van der Waals surface area contributed by atoms with Gasteiger partial charge in [0.2, 0.25) is 5.91 Å². The van der Waals surface area contributed by atoms with E-state index >= 15 is 0 Å². The van der Waals surface area contributed by atoms with E-state index in [4.69, 9.17) is 5.21 Å². The van der Waals surface area contributed by atoms with Gasteiger partial charge in [-0.3, -0.25) is 10.0 Å². The number of carbonyl (C=O) groups is 1. The second-order valence-electron chi connectivity index (χ2n) is 4.82. The zero-order valence-electron chi connectivity index (χ0n) is 11.3. The molecule has 3 N–H and O–H groups in total. The number of rotatable bonds is 5. The van der Waals surface area contributed by atoms with Gasteiger partial charge >= 0.3 is 0 Å². The minimum absolute atomic E-state index is 0.137. The summed E-state index contributed by atoms with van der Waals surface area (Å²) in [5.41, 5.74) is 4.56. The second-order valence-corrected chi connectivity index (χ2v) is 4.82. The first-order valence-corrected chi connectivity index (χ1v) is 6.45. The molecular formula is C15H18N2O3. The van der Waals surface area contributed by atoms with Crippen LogP contribution in [-0.2, 0) is 17.8 Å². The van der Waals surface area contributed by atoms with Gasteiger partial charge < -0.3 is 9.67 Å². The second kappa shape index (κ2) is 6.25. The van der Waals surface area contributed by atoms with Crippen molar-refractivity contribution in [3.63, 3.8) is 0 Å². The molecule has 0 radical (unpaired) electrons. The number of nitrogens with one attached hydrogen (secondary N) is 1. The van der Waals surface area contributed by atoms with Crippen molar-refractivity contribution in [2.45, 2.75) is 26.3 Å². The van der Waals surface area contributed by atoms with E-state index in [-0.39, 0.29) is 12.3 Å². The SMILES string of the molecule is Cc1cccc(Cn2ccc(CCC(=O)NO)c2O)c1. The van der Waals surface area contributed by atoms with E-state index in [1.54, 1.807) is 22.3 Å². The maximum atomic E-state index is 11.0. The van der Waals surface area contributed by atoms with Gasteiger partial charge in [0.1, 0.15) is 0 Å². The van der Waals surface area contributed by atoms with Gasteiger partial charge in [-0.2, -0.15) is 0 Å². The van der Waals surface area contributed by atoms with Crippen molar-refractivity contribution in [1.82, 2.24) is 10.0 Å². The van der Waals surface area contributed by atoms with Gasteiger partial charge in [0.25, 0.3) is 0 Å². The molecule has 0 spiro atoms. The van der Waals surface area contributed by atoms with Crippen molar-refractivity contribution in [2.24, 2.45) is 0 Å². The molecule has 1 amide bonds. The van der Waals surface area contributed by atoms with Crippen LogP contribution in [0.5, 0.6) is 5.88 Å². The van der Waals surface area contributed by atoms with Gasteiger partial charge in [0.15, 0.2) is 5.88 Å². The van der Waals surface area contributed by atoms with Crippen LogP contribution in [0.2, 0.25) is 0 Å². The molecular weight excluding hydrogens is 256 g/mol. The lowest BCUT2D eigenvalue weighted by atomic mass is 10.1. The Morgan fingerprint density at radius 3 is 2.85 bits per heavy atom. The highest BCUT2D eigenvalue weighted by Gasteiger charge is 2.10. The highest BCUT2D eigenvalue weighted by atomic mass is 16.5. The molecule has 0 aliphatic heterocycles. The molecule has 2 aromatic rings. The highest BCUT2D eigenvalue weighted by molar-refractivity contribution is 5.74. The number of carbonyl (C=O) groups excluding carboxylic acids is 1. The summed E-state index contributed by atoms with van der Waals surface area (Å²) >= 11 is 0. The van der Waals surface area contributed by atoms with Crippen LogP contribution >= 0.6 is 0 Å². The first kappa shape index (κ1) is 14.1. The fourth-order valence-corrected chi connectivity index (χ4v) is 2.14. The Labute approximate surface area is 117 Å². The molecule has 0 bridgehead atoms. The number of nitrogens with zero attached hydrogens (tertiary/aromatic N) is 1. The molecule has 0 fully saturated rings. The van der Waals surface area contributed by atoms with Crippen molar-refractivity contribution in [3.8, 4) is 5.88 Å². The van der Waals surface area contributed by atoms with E-state index in [1.807, 2.05) is 25.1 Å². The zero-order chi connectivity index (χ0) is 14.5. The topological polar surface area (TPSA) is 74.5 Å². The number of aromatic hydroxyl groups is 1. The van der Waals surface area contributed by atoms with Gasteiger partial charge in [-0.1, -0.05) is 29.8 Å². The smallest absolute Gasteiger partial charge is 0.243 e. The third kappa shape index (κ3) is 3.39. The summed E-state index contributed by atoms with van der Waals surface area (Å²) < 4.78 is 1.74. The molecule has 1 aromatic carbocycles. The summed E-state index contributed by atoms with van der Waals surface area (Å²) in [5.74, 6) is -0.298. The summed E-state index contributed by atoms with van der Waals surface area (Å²) in [6.45, 7) is 2.61. The number of amides is 1. The summed E-state index contributed by atoms with van der Waals surface area (Å²) in [7, 11) is 0. The molecule has 1 heterocycles. The zero-order valence-corrected chi connectivity index (χ0v) is 11.3. The standard InChI is InChI=1S/C15H18N2O3/c1-11-3-2-4-12(9-11)10-17-8-7-13(15(17)19)5-6-14(18)16-20/h2-4,7-9,19-20H,5-6,10H2,1H3,(H,16,18). The van der Waals surface area contributed by atoms with E-state index in [1.165, 1.54) is 5.56 Å². The number of hydrogen-bond acceptors (Lipinski definition) is 3. The van der Waals surface area contributed by atoms with Crippen molar-refractivity contribution < 1.29 is 15.1 Å². The number of aryl methyl sites for hydroxylation is 2. The number of benzene rings is 1. The minimum atomic E-state index is -0.462. The molecule has 0 atom stereocenters. The van der Waals surface area contributed by atoms with E-state index in [0.29, 0.717) is 18.5 Å². The molecule has 1 aromatic heterocycles. The largest absolute Gasteiger partial charge is 0.494 e. The Morgan fingerprint density at radius 2 is 2.15 bits per heavy atom. The summed E-state index contributed by atoms with van der Waals surface area (Å²) in [6, 6.07) is 9.87. The Morgan fingerprint density at radius 1 is 1.35 bits per heavy atom. The Bertz CT molecular complexity index is 605. The number of aromatic nitrogens is 1. The predicted molar refractivity (Wildman–Crippen MR) is 74.6 cm³/mol. The highest BCUT2D eigenvalue weighted by Crippen LogP contribution is 2.21. The normalized spacial score (nSPS) is 10.5. The van der Waals surface area contributed by atoms with Crippen LogP contribution < -0.4 is 5.48 Å². The predicted octanol–water partition coefficient (Wildman–Crippen LogP) is 1.99. The number of hydroxylamine groups is 1. The van der Waals surface area contributed by atoms with Crippen LogP contribution in [0.1, 0.15) is 23.1 Å².